The van der Waals surface area contributed by atoms with E-state index in [0.717, 1.165) is 18.4 Å². The SMILES string of the molecule is CCCc1cc(Cl)c(O)cc1Cl. The van der Waals surface area contributed by atoms with E-state index in [9.17, 15) is 5.11 Å². The summed E-state index contributed by atoms with van der Waals surface area (Å²) < 4.78 is 0. The van der Waals surface area contributed by atoms with Crippen LogP contribution in [0.3, 0.4) is 0 Å². The molecule has 12 heavy (non-hydrogen) atoms. The zero-order valence-electron chi connectivity index (χ0n) is 6.77. The average Bonchev–Trinajstić information content (AvgIpc) is 2.01. The highest BCUT2D eigenvalue weighted by Gasteiger charge is 2.04. The van der Waals surface area contributed by atoms with Crippen molar-refractivity contribution < 1.29 is 5.11 Å². The minimum atomic E-state index is 0.0431. The fourth-order valence-corrected chi connectivity index (χ4v) is 1.48. The molecule has 1 aromatic rings. The van der Waals surface area contributed by atoms with Gasteiger partial charge in [-0.3, -0.25) is 0 Å². The van der Waals surface area contributed by atoms with Gasteiger partial charge in [0.15, 0.2) is 0 Å². The van der Waals surface area contributed by atoms with Gasteiger partial charge in [0.1, 0.15) is 5.75 Å². The summed E-state index contributed by atoms with van der Waals surface area (Å²) >= 11 is 11.6. The van der Waals surface area contributed by atoms with Gasteiger partial charge in [-0.15, -0.1) is 0 Å². The molecule has 0 spiro atoms. The summed E-state index contributed by atoms with van der Waals surface area (Å²) in [5.41, 5.74) is 0.988. The van der Waals surface area contributed by atoms with Crippen LogP contribution in [0.25, 0.3) is 0 Å². The molecule has 0 aliphatic rings. The van der Waals surface area contributed by atoms with Crippen LogP contribution in [-0.4, -0.2) is 5.11 Å². The number of phenols is 1. The zero-order chi connectivity index (χ0) is 9.14. The maximum atomic E-state index is 9.18. The van der Waals surface area contributed by atoms with E-state index in [4.69, 9.17) is 23.2 Å². The van der Waals surface area contributed by atoms with Crippen molar-refractivity contribution in [3.8, 4) is 5.75 Å². The Hall–Kier alpha value is -0.400. The van der Waals surface area contributed by atoms with Gasteiger partial charge in [0.25, 0.3) is 0 Å². The normalized spacial score (nSPS) is 10.2. The molecule has 0 amide bonds. The Kier molecular flexibility index (Phi) is 3.24. The fraction of sp³-hybridized carbons (Fsp3) is 0.333. The van der Waals surface area contributed by atoms with Crippen molar-refractivity contribution in [3.05, 3.63) is 27.7 Å². The maximum Gasteiger partial charge on any atom is 0.135 e. The van der Waals surface area contributed by atoms with Crippen LogP contribution in [0.2, 0.25) is 10.0 Å². The predicted molar refractivity (Wildman–Crippen MR) is 52.1 cm³/mol. The van der Waals surface area contributed by atoms with Crippen LogP contribution in [0.15, 0.2) is 12.1 Å². The molecule has 1 N–H and O–H groups in total. The predicted octanol–water partition coefficient (Wildman–Crippen LogP) is 3.65. The van der Waals surface area contributed by atoms with Crippen LogP contribution in [-0.2, 0) is 6.42 Å². The van der Waals surface area contributed by atoms with Crippen LogP contribution < -0.4 is 0 Å². The number of aromatic hydroxyl groups is 1. The first-order valence-electron chi connectivity index (χ1n) is 3.82. The van der Waals surface area contributed by atoms with Crippen molar-refractivity contribution in [3.63, 3.8) is 0 Å². The highest BCUT2D eigenvalue weighted by Crippen LogP contribution is 2.30. The standard InChI is InChI=1S/C9H10Cl2O/c1-2-3-6-4-8(11)9(12)5-7(6)10/h4-5,12H,2-3H2,1H3. The van der Waals surface area contributed by atoms with E-state index >= 15 is 0 Å². The molecule has 1 aromatic carbocycles. The fourth-order valence-electron chi connectivity index (χ4n) is 1.04. The number of phenolic OH excluding ortho intramolecular Hbond substituents is 1. The molecule has 0 aliphatic carbocycles. The Labute approximate surface area is 81.9 Å². The summed E-state index contributed by atoms with van der Waals surface area (Å²) in [5.74, 6) is 0.0431. The third-order valence-corrected chi connectivity index (χ3v) is 2.29. The van der Waals surface area contributed by atoms with E-state index < -0.39 is 0 Å². The summed E-state index contributed by atoms with van der Waals surface area (Å²) in [6.45, 7) is 2.07. The molecular formula is C9H10Cl2O. The highest BCUT2D eigenvalue weighted by atomic mass is 35.5. The van der Waals surface area contributed by atoms with Gasteiger partial charge in [0.05, 0.1) is 5.02 Å². The molecule has 0 unspecified atom stereocenters. The molecule has 0 heterocycles. The lowest BCUT2D eigenvalue weighted by atomic mass is 10.1. The Bertz CT molecular complexity index is 284. The average molecular weight is 205 g/mol. The number of hydrogen-bond donors (Lipinski definition) is 1. The number of halogens is 2. The van der Waals surface area contributed by atoms with Crippen molar-refractivity contribution in [1.29, 1.82) is 0 Å². The van der Waals surface area contributed by atoms with Gasteiger partial charge >= 0.3 is 0 Å². The van der Waals surface area contributed by atoms with E-state index in [2.05, 4.69) is 6.92 Å². The van der Waals surface area contributed by atoms with E-state index in [1.165, 1.54) is 6.07 Å². The molecule has 1 nitrogen and oxygen atoms in total. The first-order chi connectivity index (χ1) is 5.65. The lowest BCUT2D eigenvalue weighted by Crippen LogP contribution is -1.84. The largest absolute Gasteiger partial charge is 0.506 e. The molecule has 0 radical (unpaired) electrons. The summed E-state index contributed by atoms with van der Waals surface area (Å²) in [5, 5.41) is 10.1. The lowest BCUT2D eigenvalue weighted by Gasteiger charge is -2.04. The molecule has 3 heteroatoms. The van der Waals surface area contributed by atoms with Crippen molar-refractivity contribution in [2.45, 2.75) is 19.8 Å². The van der Waals surface area contributed by atoms with Gasteiger partial charge in [-0.25, -0.2) is 0 Å². The molecule has 1 rings (SSSR count). The third-order valence-electron chi connectivity index (χ3n) is 1.64. The van der Waals surface area contributed by atoms with Crippen molar-refractivity contribution in [2.24, 2.45) is 0 Å². The number of benzene rings is 1. The first-order valence-corrected chi connectivity index (χ1v) is 4.57. The van der Waals surface area contributed by atoms with Gasteiger partial charge in [-0.1, -0.05) is 36.5 Å². The van der Waals surface area contributed by atoms with Gasteiger partial charge < -0.3 is 5.11 Å². The summed E-state index contributed by atoms with van der Waals surface area (Å²) in [4.78, 5) is 0. The van der Waals surface area contributed by atoms with E-state index in [1.807, 2.05) is 0 Å². The number of aryl methyl sites for hydroxylation is 1. The van der Waals surface area contributed by atoms with E-state index in [1.54, 1.807) is 6.07 Å². The van der Waals surface area contributed by atoms with Crippen LogP contribution in [0.4, 0.5) is 0 Å². The van der Waals surface area contributed by atoms with Crippen molar-refractivity contribution in [2.75, 3.05) is 0 Å². The van der Waals surface area contributed by atoms with E-state index in [0.29, 0.717) is 10.0 Å². The highest BCUT2D eigenvalue weighted by molar-refractivity contribution is 6.34. The summed E-state index contributed by atoms with van der Waals surface area (Å²) in [7, 11) is 0. The van der Waals surface area contributed by atoms with Crippen LogP contribution in [0.1, 0.15) is 18.9 Å². The Balaban J connectivity index is 3.05. The third kappa shape index (κ3) is 2.05. The molecule has 0 aromatic heterocycles. The number of hydrogen-bond acceptors (Lipinski definition) is 1. The second-order valence-electron chi connectivity index (χ2n) is 2.65. The Morgan fingerprint density at radius 3 is 2.50 bits per heavy atom. The summed E-state index contributed by atoms with van der Waals surface area (Å²) in [6, 6.07) is 3.19. The van der Waals surface area contributed by atoms with Gasteiger partial charge in [-0.2, -0.15) is 0 Å². The van der Waals surface area contributed by atoms with Gasteiger partial charge in [-0.05, 0) is 18.1 Å². The van der Waals surface area contributed by atoms with Gasteiger partial charge in [0.2, 0.25) is 0 Å². The van der Waals surface area contributed by atoms with Crippen LogP contribution >= 0.6 is 23.2 Å². The monoisotopic (exact) mass is 204 g/mol. The van der Waals surface area contributed by atoms with Crippen molar-refractivity contribution >= 4 is 23.2 Å². The molecule has 66 valence electrons. The molecule has 0 saturated heterocycles. The minimum Gasteiger partial charge on any atom is -0.506 e. The molecule has 0 bridgehead atoms. The zero-order valence-corrected chi connectivity index (χ0v) is 8.28. The summed E-state index contributed by atoms with van der Waals surface area (Å²) in [6.07, 6.45) is 1.90. The topological polar surface area (TPSA) is 20.2 Å². The quantitative estimate of drug-likeness (QED) is 0.781. The minimum absolute atomic E-state index is 0.0431. The molecule has 0 saturated carbocycles. The van der Waals surface area contributed by atoms with Crippen LogP contribution in [0, 0.1) is 0 Å². The Morgan fingerprint density at radius 1 is 1.25 bits per heavy atom. The lowest BCUT2D eigenvalue weighted by molar-refractivity contribution is 0.475. The molecular weight excluding hydrogens is 195 g/mol. The molecule has 0 aliphatic heterocycles. The number of rotatable bonds is 2. The first kappa shape index (κ1) is 9.69. The maximum absolute atomic E-state index is 9.18. The Morgan fingerprint density at radius 2 is 1.92 bits per heavy atom. The second kappa shape index (κ2) is 4.01. The van der Waals surface area contributed by atoms with Crippen LogP contribution in [0.5, 0.6) is 5.75 Å². The molecule has 0 fully saturated rings. The van der Waals surface area contributed by atoms with Crippen molar-refractivity contribution in [1.82, 2.24) is 0 Å². The second-order valence-corrected chi connectivity index (χ2v) is 3.46. The molecule has 0 atom stereocenters. The van der Waals surface area contributed by atoms with Gasteiger partial charge in [0, 0.05) is 11.1 Å². The smallest absolute Gasteiger partial charge is 0.135 e. The van der Waals surface area contributed by atoms with E-state index in [-0.39, 0.29) is 5.75 Å².